The summed E-state index contributed by atoms with van der Waals surface area (Å²) in [5, 5.41) is 14.9. The van der Waals surface area contributed by atoms with Crippen molar-refractivity contribution in [1.82, 2.24) is 9.78 Å². The van der Waals surface area contributed by atoms with Gasteiger partial charge in [0.15, 0.2) is 0 Å². The molecule has 0 spiro atoms. The molecule has 0 saturated heterocycles. The highest BCUT2D eigenvalue weighted by Crippen LogP contribution is 2.41. The van der Waals surface area contributed by atoms with Gasteiger partial charge in [-0.3, -0.25) is 4.68 Å². The van der Waals surface area contributed by atoms with Crippen molar-refractivity contribution >= 4 is 15.9 Å². The molecule has 1 aromatic rings. The molecule has 1 aliphatic carbocycles. The maximum absolute atomic E-state index is 10.6. The minimum absolute atomic E-state index is 0.0990. The van der Waals surface area contributed by atoms with Crippen LogP contribution in [-0.4, -0.2) is 20.9 Å². The molecular formula is C11H18BrN3O. The van der Waals surface area contributed by atoms with Crippen LogP contribution in [-0.2, 0) is 12.1 Å². The van der Waals surface area contributed by atoms with E-state index in [1.807, 2.05) is 4.68 Å². The largest absolute Gasteiger partial charge is 0.383 e. The van der Waals surface area contributed by atoms with E-state index in [0.29, 0.717) is 6.42 Å². The third kappa shape index (κ3) is 2.04. The standard InChI is InChI=1S/C11H18BrN3O/c1-2-5-15-10(9(12)7-14-15)11(16)4-3-8(13)6-11/h7-8,16H,2-6,13H2,1H3. The van der Waals surface area contributed by atoms with Crippen LogP contribution >= 0.6 is 15.9 Å². The molecule has 90 valence electrons. The molecule has 0 bridgehead atoms. The molecule has 1 fully saturated rings. The molecule has 16 heavy (non-hydrogen) atoms. The molecule has 0 aromatic carbocycles. The van der Waals surface area contributed by atoms with E-state index in [0.717, 1.165) is 36.0 Å². The Labute approximate surface area is 104 Å². The van der Waals surface area contributed by atoms with Gasteiger partial charge < -0.3 is 10.8 Å². The van der Waals surface area contributed by atoms with Crippen LogP contribution in [0.5, 0.6) is 0 Å². The predicted molar refractivity (Wildman–Crippen MR) is 65.9 cm³/mol. The average molecular weight is 288 g/mol. The van der Waals surface area contributed by atoms with Crippen LogP contribution < -0.4 is 5.73 Å². The molecule has 0 radical (unpaired) electrons. The van der Waals surface area contributed by atoms with Gasteiger partial charge in [0.1, 0.15) is 5.60 Å². The summed E-state index contributed by atoms with van der Waals surface area (Å²) in [6.07, 6.45) is 4.99. The molecule has 3 N–H and O–H groups in total. The third-order valence-electron chi connectivity index (χ3n) is 3.20. The first-order valence-electron chi connectivity index (χ1n) is 5.76. The van der Waals surface area contributed by atoms with Gasteiger partial charge in [-0.05, 0) is 41.6 Å². The van der Waals surface area contributed by atoms with E-state index in [9.17, 15) is 5.11 Å². The molecule has 1 aromatic heterocycles. The number of aromatic nitrogens is 2. The van der Waals surface area contributed by atoms with E-state index in [1.165, 1.54) is 0 Å². The first-order valence-corrected chi connectivity index (χ1v) is 6.56. The van der Waals surface area contributed by atoms with Crippen LogP contribution in [0.4, 0.5) is 0 Å². The fourth-order valence-electron chi connectivity index (χ4n) is 2.48. The van der Waals surface area contributed by atoms with Gasteiger partial charge in [-0.25, -0.2) is 0 Å². The number of aryl methyl sites for hydroxylation is 1. The molecular weight excluding hydrogens is 270 g/mol. The zero-order valence-electron chi connectivity index (χ0n) is 9.49. The van der Waals surface area contributed by atoms with Gasteiger partial charge in [-0.2, -0.15) is 5.10 Å². The van der Waals surface area contributed by atoms with Gasteiger partial charge in [-0.1, -0.05) is 6.92 Å². The van der Waals surface area contributed by atoms with Crippen molar-refractivity contribution in [1.29, 1.82) is 0 Å². The second kappa shape index (κ2) is 4.47. The number of rotatable bonds is 3. The highest BCUT2D eigenvalue weighted by Gasteiger charge is 2.41. The van der Waals surface area contributed by atoms with Crippen molar-refractivity contribution in [2.75, 3.05) is 0 Å². The summed E-state index contributed by atoms with van der Waals surface area (Å²) in [6.45, 7) is 2.93. The lowest BCUT2D eigenvalue weighted by atomic mass is 9.97. The highest BCUT2D eigenvalue weighted by atomic mass is 79.9. The van der Waals surface area contributed by atoms with E-state index in [1.54, 1.807) is 6.20 Å². The van der Waals surface area contributed by atoms with Gasteiger partial charge in [0, 0.05) is 12.6 Å². The second-order valence-electron chi connectivity index (χ2n) is 4.60. The van der Waals surface area contributed by atoms with E-state index >= 15 is 0 Å². The molecule has 5 heteroatoms. The average Bonchev–Trinajstić information content (AvgIpc) is 2.73. The van der Waals surface area contributed by atoms with Crippen molar-refractivity contribution in [3.8, 4) is 0 Å². The van der Waals surface area contributed by atoms with Crippen LogP contribution in [0.2, 0.25) is 0 Å². The van der Waals surface area contributed by atoms with Gasteiger partial charge in [0.2, 0.25) is 0 Å². The summed E-state index contributed by atoms with van der Waals surface area (Å²) in [5.41, 5.74) is 5.97. The minimum atomic E-state index is -0.802. The molecule has 2 atom stereocenters. The second-order valence-corrected chi connectivity index (χ2v) is 5.45. The number of halogens is 1. The summed E-state index contributed by atoms with van der Waals surface area (Å²) in [5.74, 6) is 0. The molecule has 0 aliphatic heterocycles. The van der Waals surface area contributed by atoms with Crippen LogP contribution in [0.1, 0.15) is 38.3 Å². The van der Waals surface area contributed by atoms with Crippen LogP contribution in [0.15, 0.2) is 10.7 Å². The first kappa shape index (κ1) is 12.1. The third-order valence-corrected chi connectivity index (χ3v) is 3.78. The van der Waals surface area contributed by atoms with Crippen LogP contribution in [0.25, 0.3) is 0 Å². The van der Waals surface area contributed by atoms with Crippen molar-refractivity contribution in [3.05, 3.63) is 16.4 Å². The lowest BCUT2D eigenvalue weighted by Crippen LogP contribution is -2.29. The Morgan fingerprint density at radius 1 is 1.75 bits per heavy atom. The van der Waals surface area contributed by atoms with E-state index in [-0.39, 0.29) is 6.04 Å². The van der Waals surface area contributed by atoms with E-state index in [4.69, 9.17) is 5.73 Å². The van der Waals surface area contributed by atoms with Crippen molar-refractivity contribution in [2.45, 2.75) is 50.8 Å². The highest BCUT2D eigenvalue weighted by molar-refractivity contribution is 9.10. The molecule has 4 nitrogen and oxygen atoms in total. The van der Waals surface area contributed by atoms with Crippen LogP contribution in [0.3, 0.4) is 0 Å². The van der Waals surface area contributed by atoms with Gasteiger partial charge in [0.05, 0.1) is 16.4 Å². The molecule has 2 unspecified atom stereocenters. The molecule has 1 heterocycles. The molecule has 1 saturated carbocycles. The molecule has 1 aliphatic rings. The molecule has 2 rings (SSSR count). The summed E-state index contributed by atoms with van der Waals surface area (Å²) < 4.78 is 2.78. The van der Waals surface area contributed by atoms with Gasteiger partial charge >= 0.3 is 0 Å². The lowest BCUT2D eigenvalue weighted by Gasteiger charge is -2.24. The SMILES string of the molecule is CCCn1ncc(Br)c1C1(O)CCC(N)C1. The quantitative estimate of drug-likeness (QED) is 0.890. The smallest absolute Gasteiger partial charge is 0.109 e. The van der Waals surface area contributed by atoms with Crippen molar-refractivity contribution < 1.29 is 5.11 Å². The summed E-state index contributed by atoms with van der Waals surface area (Å²) in [4.78, 5) is 0. The van der Waals surface area contributed by atoms with Gasteiger partial charge in [-0.15, -0.1) is 0 Å². The minimum Gasteiger partial charge on any atom is -0.383 e. The number of hydrogen-bond acceptors (Lipinski definition) is 3. The maximum Gasteiger partial charge on any atom is 0.109 e. The Morgan fingerprint density at radius 2 is 2.50 bits per heavy atom. The number of nitrogens with two attached hydrogens (primary N) is 1. The summed E-state index contributed by atoms with van der Waals surface area (Å²) in [7, 11) is 0. The zero-order chi connectivity index (χ0) is 11.8. The summed E-state index contributed by atoms with van der Waals surface area (Å²) in [6, 6.07) is 0.0990. The van der Waals surface area contributed by atoms with Crippen molar-refractivity contribution in [3.63, 3.8) is 0 Å². The number of aliphatic hydroxyl groups is 1. The normalized spacial score (nSPS) is 29.9. The van der Waals surface area contributed by atoms with E-state index in [2.05, 4.69) is 28.0 Å². The Hall–Kier alpha value is -0.390. The zero-order valence-corrected chi connectivity index (χ0v) is 11.1. The van der Waals surface area contributed by atoms with E-state index < -0.39 is 5.60 Å². The Kier molecular flexibility index (Phi) is 3.37. The van der Waals surface area contributed by atoms with Crippen LogP contribution in [0, 0.1) is 0 Å². The maximum atomic E-state index is 10.6. The Balaban J connectivity index is 2.34. The topological polar surface area (TPSA) is 64.1 Å². The Bertz CT molecular complexity index is 379. The first-order chi connectivity index (χ1) is 7.57. The monoisotopic (exact) mass is 287 g/mol. The predicted octanol–water partition coefficient (Wildman–Crippen LogP) is 1.75. The fourth-order valence-corrected chi connectivity index (χ4v) is 3.15. The molecule has 0 amide bonds. The van der Waals surface area contributed by atoms with Crippen molar-refractivity contribution in [2.24, 2.45) is 5.73 Å². The Morgan fingerprint density at radius 3 is 3.06 bits per heavy atom. The summed E-state index contributed by atoms with van der Waals surface area (Å²) >= 11 is 3.47. The fraction of sp³-hybridized carbons (Fsp3) is 0.727. The number of hydrogen-bond donors (Lipinski definition) is 2. The van der Waals surface area contributed by atoms with Gasteiger partial charge in [0.25, 0.3) is 0 Å². The lowest BCUT2D eigenvalue weighted by molar-refractivity contribution is 0.0328. The number of nitrogens with zero attached hydrogens (tertiary/aromatic N) is 2.